The third-order valence-electron chi connectivity index (χ3n) is 5.40. The van der Waals surface area contributed by atoms with Crippen LogP contribution >= 0.6 is 0 Å². The fourth-order valence-corrected chi connectivity index (χ4v) is 3.90. The summed E-state index contributed by atoms with van der Waals surface area (Å²) in [6, 6.07) is 20.7. The lowest BCUT2D eigenvalue weighted by Crippen LogP contribution is -2.36. The molecule has 4 aromatic rings. The molecule has 0 atom stereocenters. The second-order valence-electron chi connectivity index (χ2n) is 7.21. The number of aryl methyl sites for hydroxylation is 1. The third kappa shape index (κ3) is 2.65. The Labute approximate surface area is 173 Å². The normalized spacial score (nSPS) is 13.6. The maximum atomic E-state index is 13.0. The first-order chi connectivity index (χ1) is 14.6. The maximum absolute atomic E-state index is 13.0. The van der Waals surface area contributed by atoms with Gasteiger partial charge < -0.3 is 0 Å². The van der Waals surface area contributed by atoms with Crippen LogP contribution in [0, 0.1) is 13.8 Å². The fourth-order valence-electron chi connectivity index (χ4n) is 3.90. The zero-order valence-electron chi connectivity index (χ0n) is 16.5. The van der Waals surface area contributed by atoms with E-state index in [1.165, 1.54) is 0 Å². The highest BCUT2D eigenvalue weighted by Crippen LogP contribution is 2.30. The van der Waals surface area contributed by atoms with E-state index in [1.807, 2.05) is 73.1 Å². The van der Waals surface area contributed by atoms with E-state index in [4.69, 9.17) is 0 Å². The van der Waals surface area contributed by atoms with Crippen molar-refractivity contribution in [3.63, 3.8) is 0 Å². The summed E-state index contributed by atoms with van der Waals surface area (Å²) < 4.78 is 1.83. The number of amides is 2. The highest BCUT2D eigenvalue weighted by atomic mass is 16.2. The van der Waals surface area contributed by atoms with Gasteiger partial charge in [-0.2, -0.15) is 15.2 Å². The van der Waals surface area contributed by atoms with Crippen molar-refractivity contribution in [2.45, 2.75) is 13.8 Å². The Balaban J connectivity index is 1.55. The lowest BCUT2D eigenvalue weighted by atomic mass is 9.95. The largest absolute Gasteiger partial charge is 0.282 e. The zero-order chi connectivity index (χ0) is 20.8. The zero-order valence-corrected chi connectivity index (χ0v) is 16.5. The Morgan fingerprint density at radius 2 is 1.47 bits per heavy atom. The lowest BCUT2D eigenvalue weighted by molar-refractivity contribution is 0.0616. The van der Waals surface area contributed by atoms with E-state index >= 15 is 0 Å². The Morgan fingerprint density at radius 3 is 2.10 bits per heavy atom. The first-order valence-electron chi connectivity index (χ1n) is 9.62. The summed E-state index contributed by atoms with van der Waals surface area (Å²) in [5.41, 5.74) is 4.31. The van der Waals surface area contributed by atoms with Crippen molar-refractivity contribution in [3.05, 3.63) is 94.8 Å². The monoisotopic (exact) mass is 394 g/mol. The molecule has 0 saturated carbocycles. The van der Waals surface area contributed by atoms with Crippen molar-refractivity contribution in [3.8, 4) is 5.69 Å². The Morgan fingerprint density at radius 1 is 0.833 bits per heavy atom. The summed E-state index contributed by atoms with van der Waals surface area (Å²) in [6.45, 7) is 3.81. The molecular formula is C24H18N4O2. The van der Waals surface area contributed by atoms with Gasteiger partial charge in [-0.25, -0.2) is 4.68 Å². The quantitative estimate of drug-likeness (QED) is 0.385. The topological polar surface area (TPSA) is 67.6 Å². The van der Waals surface area contributed by atoms with Crippen LogP contribution in [0.2, 0.25) is 0 Å². The molecule has 0 fully saturated rings. The minimum Gasteiger partial charge on any atom is -0.267 e. The van der Waals surface area contributed by atoms with Crippen LogP contribution in [-0.4, -0.2) is 32.8 Å². The predicted octanol–water partition coefficient (Wildman–Crippen LogP) is 4.27. The number of carbonyl (C=O) groups is 2. The third-order valence-corrected chi connectivity index (χ3v) is 5.40. The Bertz CT molecular complexity index is 1300. The minimum absolute atomic E-state index is 0.425. The average Bonchev–Trinajstić information content (AvgIpc) is 3.06. The van der Waals surface area contributed by atoms with Crippen molar-refractivity contribution in [1.82, 2.24) is 14.8 Å². The first-order valence-corrected chi connectivity index (χ1v) is 9.62. The van der Waals surface area contributed by atoms with Gasteiger partial charge in [0.15, 0.2) is 0 Å². The molecule has 6 nitrogen and oxygen atoms in total. The lowest BCUT2D eigenvalue weighted by Gasteiger charge is -2.23. The van der Waals surface area contributed by atoms with Crippen LogP contribution < -0.4 is 0 Å². The molecular weight excluding hydrogens is 376 g/mol. The molecule has 30 heavy (non-hydrogen) atoms. The molecule has 146 valence electrons. The van der Waals surface area contributed by atoms with Gasteiger partial charge in [0.2, 0.25) is 0 Å². The summed E-state index contributed by atoms with van der Waals surface area (Å²) >= 11 is 0. The number of hydrazone groups is 1. The number of nitrogens with zero attached hydrogens (tertiary/aromatic N) is 4. The standard InChI is InChI=1S/C24H18N4O2/c1-15-21(16(2)27(26-15)18-10-4-3-5-11-18)14-25-28-23(29)19-12-6-8-17-9-7-13-20(22(17)19)24(28)30/h3-14H,1-2H3/b25-14-. The van der Waals surface area contributed by atoms with E-state index in [1.54, 1.807) is 18.3 Å². The molecule has 6 heteroatoms. The van der Waals surface area contributed by atoms with E-state index in [2.05, 4.69) is 10.2 Å². The summed E-state index contributed by atoms with van der Waals surface area (Å²) in [7, 11) is 0. The van der Waals surface area contributed by atoms with Crippen molar-refractivity contribution < 1.29 is 9.59 Å². The average molecular weight is 394 g/mol. The number of carbonyl (C=O) groups excluding carboxylic acids is 2. The molecule has 2 amide bonds. The maximum Gasteiger partial charge on any atom is 0.282 e. The molecule has 3 aromatic carbocycles. The summed E-state index contributed by atoms with van der Waals surface area (Å²) in [4.78, 5) is 26.0. The second-order valence-corrected chi connectivity index (χ2v) is 7.21. The molecule has 0 spiro atoms. The Hall–Kier alpha value is -4.06. The number of benzene rings is 3. The second kappa shape index (κ2) is 6.77. The molecule has 0 unspecified atom stereocenters. The van der Waals surface area contributed by atoms with Gasteiger partial charge in [0.1, 0.15) is 0 Å². The molecule has 1 aliphatic rings. The van der Waals surface area contributed by atoms with E-state index in [-0.39, 0.29) is 0 Å². The number of hydrogen-bond donors (Lipinski definition) is 0. The van der Waals surface area contributed by atoms with Crippen LogP contribution in [0.4, 0.5) is 0 Å². The molecule has 0 N–H and O–H groups in total. The van der Waals surface area contributed by atoms with Gasteiger partial charge in [0, 0.05) is 10.9 Å². The molecule has 2 heterocycles. The first kappa shape index (κ1) is 18.0. The van der Waals surface area contributed by atoms with Crippen molar-refractivity contribution >= 4 is 28.8 Å². The number of imide groups is 1. The van der Waals surface area contributed by atoms with Crippen LogP contribution in [0.1, 0.15) is 37.7 Å². The van der Waals surface area contributed by atoms with E-state index in [9.17, 15) is 9.59 Å². The number of rotatable bonds is 3. The molecule has 0 radical (unpaired) electrons. The van der Waals surface area contributed by atoms with E-state index in [0.29, 0.717) is 16.5 Å². The van der Waals surface area contributed by atoms with Gasteiger partial charge in [0.25, 0.3) is 11.8 Å². The molecule has 1 aromatic heterocycles. The van der Waals surface area contributed by atoms with Crippen LogP contribution in [0.15, 0.2) is 71.8 Å². The van der Waals surface area contributed by atoms with Crippen LogP contribution in [0.5, 0.6) is 0 Å². The molecule has 0 saturated heterocycles. The molecule has 0 aliphatic carbocycles. The van der Waals surface area contributed by atoms with Gasteiger partial charge in [-0.15, -0.1) is 0 Å². The van der Waals surface area contributed by atoms with Crippen LogP contribution in [0.25, 0.3) is 16.5 Å². The van der Waals surface area contributed by atoms with Crippen LogP contribution in [-0.2, 0) is 0 Å². The predicted molar refractivity (Wildman–Crippen MR) is 115 cm³/mol. The fraction of sp³-hybridized carbons (Fsp3) is 0.0833. The molecule has 0 bridgehead atoms. The smallest absolute Gasteiger partial charge is 0.267 e. The summed E-state index contributed by atoms with van der Waals surface area (Å²) in [5.74, 6) is -0.849. The highest BCUT2D eigenvalue weighted by molar-refractivity contribution is 6.25. The SMILES string of the molecule is Cc1nn(-c2ccccc2)c(C)c1/C=N\N1C(=O)c2cccc3cccc(c23)C1=O. The van der Waals surface area contributed by atoms with Gasteiger partial charge in [-0.05, 0) is 43.5 Å². The van der Waals surface area contributed by atoms with Crippen molar-refractivity contribution in [2.75, 3.05) is 0 Å². The van der Waals surface area contributed by atoms with Gasteiger partial charge >= 0.3 is 0 Å². The summed E-state index contributed by atoms with van der Waals surface area (Å²) in [5, 5.41) is 11.4. The Kier molecular flexibility index (Phi) is 4.06. The van der Waals surface area contributed by atoms with Gasteiger partial charge in [-0.3, -0.25) is 9.59 Å². The van der Waals surface area contributed by atoms with Crippen LogP contribution in [0.3, 0.4) is 0 Å². The minimum atomic E-state index is -0.425. The highest BCUT2D eigenvalue weighted by Gasteiger charge is 2.32. The van der Waals surface area contributed by atoms with E-state index < -0.39 is 11.8 Å². The number of aromatic nitrogens is 2. The van der Waals surface area contributed by atoms with Gasteiger partial charge in [-0.1, -0.05) is 42.5 Å². The van der Waals surface area contributed by atoms with Crippen molar-refractivity contribution in [2.24, 2.45) is 5.10 Å². The van der Waals surface area contributed by atoms with E-state index in [0.717, 1.165) is 33.0 Å². The molecule has 1 aliphatic heterocycles. The summed E-state index contributed by atoms with van der Waals surface area (Å²) in [6.07, 6.45) is 1.54. The molecule has 5 rings (SSSR count). The number of para-hydroxylation sites is 1. The van der Waals surface area contributed by atoms with Gasteiger partial charge in [0.05, 0.1) is 34.4 Å². The number of hydrogen-bond acceptors (Lipinski definition) is 4. The van der Waals surface area contributed by atoms with Crippen molar-refractivity contribution in [1.29, 1.82) is 0 Å².